The molecule has 1 amide bonds. The third-order valence-electron chi connectivity index (χ3n) is 6.21. The van der Waals surface area contributed by atoms with Gasteiger partial charge in [0.25, 0.3) is 10.0 Å². The number of nitrogens with one attached hydrogen (secondary N) is 2. The van der Waals surface area contributed by atoms with Crippen molar-refractivity contribution < 1.29 is 17.6 Å². The number of pyridine rings is 1. The van der Waals surface area contributed by atoms with Crippen molar-refractivity contribution in [3.8, 4) is 22.4 Å². The molecule has 0 aliphatic carbocycles. The largest absolute Gasteiger partial charge is 0.338 e. The van der Waals surface area contributed by atoms with Crippen LogP contribution in [0.4, 0.5) is 15.9 Å². The number of rotatable bonds is 7. The predicted octanol–water partition coefficient (Wildman–Crippen LogP) is 6.48. The second-order valence-corrected chi connectivity index (χ2v) is 12.5. The van der Waals surface area contributed by atoms with Gasteiger partial charge in [-0.15, -0.1) is 10.2 Å². The van der Waals surface area contributed by atoms with E-state index >= 15 is 0 Å². The zero-order valence-corrected chi connectivity index (χ0v) is 23.5. The van der Waals surface area contributed by atoms with Crippen LogP contribution in [0.2, 0.25) is 0 Å². The number of carbonyl (C=O) groups excluding carboxylic acids is 1. The number of anilines is 2. The Hall–Kier alpha value is -4.70. The number of carbonyl (C=O) groups is 1. The van der Waals surface area contributed by atoms with E-state index in [9.17, 15) is 17.6 Å². The molecule has 2 N–H and O–H groups in total. The Morgan fingerprint density at radius 3 is 2.37 bits per heavy atom. The van der Waals surface area contributed by atoms with Crippen molar-refractivity contribution in [2.24, 2.45) is 5.41 Å². The molecular weight excluding hydrogens is 541 g/mol. The van der Waals surface area contributed by atoms with Gasteiger partial charge < -0.3 is 5.32 Å². The molecule has 0 unspecified atom stereocenters. The van der Waals surface area contributed by atoms with E-state index in [0.29, 0.717) is 33.5 Å². The van der Waals surface area contributed by atoms with Gasteiger partial charge in [-0.3, -0.25) is 9.78 Å². The van der Waals surface area contributed by atoms with E-state index in [2.05, 4.69) is 25.2 Å². The summed E-state index contributed by atoms with van der Waals surface area (Å²) < 4.78 is 42.2. The van der Waals surface area contributed by atoms with Gasteiger partial charge in [0.1, 0.15) is 16.4 Å². The van der Waals surface area contributed by atoms with Crippen LogP contribution < -0.4 is 10.0 Å². The van der Waals surface area contributed by atoms with Crippen LogP contribution in [-0.4, -0.2) is 29.5 Å². The molecule has 0 fully saturated rings. The van der Waals surface area contributed by atoms with Crippen molar-refractivity contribution in [3.05, 3.63) is 97.1 Å². The minimum absolute atomic E-state index is 0.0392. The molecule has 0 saturated heterocycles. The molecule has 2 heterocycles. The maximum absolute atomic E-state index is 13.9. The highest BCUT2D eigenvalue weighted by Gasteiger charge is 2.24. The van der Waals surface area contributed by atoms with Gasteiger partial charge in [-0.25, -0.2) is 17.5 Å². The lowest BCUT2D eigenvalue weighted by molar-refractivity contribution is -0.121. The van der Waals surface area contributed by atoms with Crippen molar-refractivity contribution in [1.29, 1.82) is 0 Å². The second kappa shape index (κ2) is 11.1. The fourth-order valence-electron chi connectivity index (χ4n) is 4.49. The van der Waals surface area contributed by atoms with Crippen LogP contribution in [0.1, 0.15) is 27.2 Å². The fourth-order valence-corrected chi connectivity index (χ4v) is 5.46. The van der Waals surface area contributed by atoms with Crippen LogP contribution in [0.25, 0.3) is 33.2 Å². The molecule has 5 aromatic rings. The number of sulfonamides is 1. The number of hydrogen-bond acceptors (Lipinski definition) is 7. The van der Waals surface area contributed by atoms with Gasteiger partial charge in [0, 0.05) is 40.8 Å². The smallest absolute Gasteiger partial charge is 0.265 e. The summed E-state index contributed by atoms with van der Waals surface area (Å²) in [5, 5.41) is 13.4. The van der Waals surface area contributed by atoms with Crippen LogP contribution in [0.15, 0.2) is 96.2 Å². The lowest BCUT2D eigenvalue weighted by Crippen LogP contribution is -2.33. The Morgan fingerprint density at radius 1 is 0.878 bits per heavy atom. The third-order valence-corrected chi connectivity index (χ3v) is 7.55. The molecule has 0 aliphatic rings. The first-order valence-corrected chi connectivity index (χ1v) is 14.4. The van der Waals surface area contributed by atoms with E-state index in [1.807, 2.05) is 69.3 Å². The third kappa shape index (κ3) is 6.38. The fraction of sp³-hybridized carbons (Fsp3) is 0.161. The van der Waals surface area contributed by atoms with Gasteiger partial charge in [0.15, 0.2) is 5.82 Å². The number of amides is 1. The van der Waals surface area contributed by atoms with Gasteiger partial charge in [-0.2, -0.15) is 0 Å². The van der Waals surface area contributed by atoms with Crippen molar-refractivity contribution in [3.63, 3.8) is 0 Å². The molecule has 3 aromatic carbocycles. The lowest BCUT2D eigenvalue weighted by atomic mass is 9.92. The maximum atomic E-state index is 13.9. The molecule has 0 spiro atoms. The summed E-state index contributed by atoms with van der Waals surface area (Å²) in [6.07, 6.45) is 2.72. The van der Waals surface area contributed by atoms with E-state index in [1.165, 1.54) is 30.6 Å². The topological polar surface area (TPSA) is 114 Å². The van der Waals surface area contributed by atoms with Crippen molar-refractivity contribution in [2.45, 2.75) is 32.1 Å². The predicted molar refractivity (Wildman–Crippen MR) is 157 cm³/mol. The Balaban J connectivity index is 1.63. The normalized spacial score (nSPS) is 11.8. The first-order valence-electron chi connectivity index (χ1n) is 12.9. The van der Waals surface area contributed by atoms with Crippen LogP contribution in [0, 0.1) is 11.2 Å². The molecule has 0 radical (unpaired) electrons. The van der Waals surface area contributed by atoms with Gasteiger partial charge in [-0.05, 0) is 40.8 Å². The molecule has 41 heavy (non-hydrogen) atoms. The van der Waals surface area contributed by atoms with Gasteiger partial charge >= 0.3 is 0 Å². The monoisotopic (exact) mass is 569 g/mol. The van der Waals surface area contributed by atoms with E-state index in [0.717, 1.165) is 11.1 Å². The van der Waals surface area contributed by atoms with Gasteiger partial charge in [0.05, 0.1) is 0 Å². The number of aromatic nitrogens is 3. The highest BCUT2D eigenvalue weighted by Crippen LogP contribution is 2.38. The molecule has 208 valence electrons. The number of nitrogens with zero attached hydrogens (tertiary/aromatic N) is 3. The van der Waals surface area contributed by atoms with E-state index in [1.54, 1.807) is 12.1 Å². The summed E-state index contributed by atoms with van der Waals surface area (Å²) in [5.41, 5.74) is 2.69. The summed E-state index contributed by atoms with van der Waals surface area (Å²) in [6, 6.07) is 22.8. The van der Waals surface area contributed by atoms with E-state index < -0.39 is 21.7 Å². The number of fused-ring (bicyclic) bond motifs is 1. The molecule has 0 atom stereocenters. The first-order chi connectivity index (χ1) is 19.5. The van der Waals surface area contributed by atoms with Crippen LogP contribution in [0.5, 0.6) is 0 Å². The standard InChI is InChI=1S/C31H28FN5O3S/c1-31(2,3)17-27(38)37-41(39,40)24-15-21(18-33-19-24)29-26-14-8-13-25(20-9-5-4-6-10-20)28(26)30(36-35-29)34-23-12-7-11-22(32)16-23/h4-16,18-19H,17H2,1-3H3,(H,34,36)(H,37,38). The SMILES string of the molecule is CC(C)(C)CC(=O)NS(=O)(=O)c1cncc(-c2nnc(Nc3cccc(F)c3)c3c(-c4ccccc4)cccc23)c1. The molecular formula is C31H28FN5O3S. The molecule has 5 rings (SSSR count). The Labute approximate surface area is 237 Å². The zero-order valence-electron chi connectivity index (χ0n) is 22.7. The summed E-state index contributed by atoms with van der Waals surface area (Å²) in [7, 11) is -4.18. The van der Waals surface area contributed by atoms with Crippen LogP contribution in [0.3, 0.4) is 0 Å². The van der Waals surface area contributed by atoms with Crippen molar-refractivity contribution >= 4 is 38.2 Å². The highest BCUT2D eigenvalue weighted by molar-refractivity contribution is 7.90. The summed E-state index contributed by atoms with van der Waals surface area (Å²) in [4.78, 5) is 16.4. The van der Waals surface area contributed by atoms with Crippen molar-refractivity contribution in [2.75, 3.05) is 5.32 Å². The molecule has 10 heteroatoms. The molecule has 2 aromatic heterocycles. The molecule has 0 bridgehead atoms. The summed E-state index contributed by atoms with van der Waals surface area (Å²) in [6.45, 7) is 5.55. The van der Waals surface area contributed by atoms with Gasteiger partial charge in [0.2, 0.25) is 5.91 Å². The highest BCUT2D eigenvalue weighted by atomic mass is 32.2. The van der Waals surface area contributed by atoms with E-state index in [4.69, 9.17) is 0 Å². The first kappa shape index (κ1) is 27.9. The zero-order chi connectivity index (χ0) is 29.2. The molecule has 0 aliphatic heterocycles. The number of hydrogen-bond donors (Lipinski definition) is 2. The number of benzene rings is 3. The Morgan fingerprint density at radius 2 is 1.63 bits per heavy atom. The minimum atomic E-state index is -4.18. The van der Waals surface area contributed by atoms with Crippen LogP contribution in [-0.2, 0) is 14.8 Å². The quantitative estimate of drug-likeness (QED) is 0.230. The average Bonchev–Trinajstić information content (AvgIpc) is 2.92. The Bertz CT molecular complexity index is 1860. The molecule has 0 saturated carbocycles. The maximum Gasteiger partial charge on any atom is 0.265 e. The summed E-state index contributed by atoms with van der Waals surface area (Å²) in [5.74, 6) is -0.598. The minimum Gasteiger partial charge on any atom is -0.338 e. The lowest BCUT2D eigenvalue weighted by Gasteiger charge is -2.17. The average molecular weight is 570 g/mol. The Kier molecular flexibility index (Phi) is 7.51. The van der Waals surface area contributed by atoms with Crippen LogP contribution >= 0.6 is 0 Å². The van der Waals surface area contributed by atoms with E-state index in [-0.39, 0.29) is 16.7 Å². The van der Waals surface area contributed by atoms with Crippen molar-refractivity contribution in [1.82, 2.24) is 19.9 Å². The van der Waals surface area contributed by atoms with Gasteiger partial charge in [-0.1, -0.05) is 75.4 Å². The second-order valence-electron chi connectivity index (χ2n) is 10.8. The number of halogens is 1. The summed E-state index contributed by atoms with van der Waals surface area (Å²) >= 11 is 0. The molecule has 8 nitrogen and oxygen atoms in total.